The largest absolute Gasteiger partial charge is 0.331 e. The molecular formula is C19H23N3S. The summed E-state index contributed by atoms with van der Waals surface area (Å²) in [5.74, 6) is 0. The van der Waals surface area contributed by atoms with Crippen LogP contribution in [-0.4, -0.2) is 10.8 Å². The predicted molar refractivity (Wildman–Crippen MR) is 103 cm³/mol. The number of para-hydroxylation sites is 1. The molecule has 0 fully saturated rings. The highest BCUT2D eigenvalue weighted by molar-refractivity contribution is 7.80. The number of anilines is 1. The quantitative estimate of drug-likeness (QED) is 0.488. The SMILES string of the molecule is C/C(=N/NC(=S)Nc1ccccc1)c1ccc(C(C)(C)C)cc1. The van der Waals surface area contributed by atoms with Crippen molar-refractivity contribution in [2.75, 3.05) is 5.32 Å². The van der Waals surface area contributed by atoms with Gasteiger partial charge in [0.25, 0.3) is 0 Å². The Morgan fingerprint density at radius 1 is 0.957 bits per heavy atom. The van der Waals surface area contributed by atoms with E-state index in [0.717, 1.165) is 17.0 Å². The van der Waals surface area contributed by atoms with Gasteiger partial charge in [0, 0.05) is 5.69 Å². The van der Waals surface area contributed by atoms with E-state index >= 15 is 0 Å². The van der Waals surface area contributed by atoms with Crippen LogP contribution in [-0.2, 0) is 5.41 Å². The molecule has 2 N–H and O–H groups in total. The number of benzene rings is 2. The van der Waals surface area contributed by atoms with E-state index in [1.165, 1.54) is 5.56 Å². The fraction of sp³-hybridized carbons (Fsp3) is 0.263. The summed E-state index contributed by atoms with van der Waals surface area (Å²) >= 11 is 5.24. The molecule has 0 heterocycles. The Morgan fingerprint density at radius 2 is 1.57 bits per heavy atom. The van der Waals surface area contributed by atoms with E-state index in [-0.39, 0.29) is 5.41 Å². The van der Waals surface area contributed by atoms with Crippen molar-refractivity contribution < 1.29 is 0 Å². The van der Waals surface area contributed by atoms with Crippen LogP contribution in [0.5, 0.6) is 0 Å². The van der Waals surface area contributed by atoms with Gasteiger partial charge in [0.1, 0.15) is 0 Å². The maximum Gasteiger partial charge on any atom is 0.191 e. The average molecular weight is 325 g/mol. The van der Waals surface area contributed by atoms with Crippen LogP contribution in [0.3, 0.4) is 0 Å². The molecule has 0 saturated heterocycles. The first-order valence-corrected chi connectivity index (χ1v) is 8.04. The number of hydrogen-bond acceptors (Lipinski definition) is 2. The minimum atomic E-state index is 0.156. The number of rotatable bonds is 3. The van der Waals surface area contributed by atoms with Gasteiger partial charge in [-0.05, 0) is 47.8 Å². The molecule has 0 aliphatic rings. The van der Waals surface area contributed by atoms with Crippen LogP contribution in [0.25, 0.3) is 0 Å². The predicted octanol–water partition coefficient (Wildman–Crippen LogP) is 4.69. The lowest BCUT2D eigenvalue weighted by Crippen LogP contribution is -2.24. The van der Waals surface area contributed by atoms with Gasteiger partial charge >= 0.3 is 0 Å². The van der Waals surface area contributed by atoms with Gasteiger partial charge in [0.15, 0.2) is 5.11 Å². The molecule has 120 valence electrons. The minimum absolute atomic E-state index is 0.156. The van der Waals surface area contributed by atoms with Crippen LogP contribution in [0.4, 0.5) is 5.69 Å². The van der Waals surface area contributed by atoms with Crippen LogP contribution in [0, 0.1) is 0 Å². The number of nitrogens with one attached hydrogen (secondary N) is 2. The molecule has 0 aliphatic heterocycles. The third-order valence-corrected chi connectivity index (χ3v) is 3.72. The van der Waals surface area contributed by atoms with Crippen LogP contribution in [0.15, 0.2) is 59.7 Å². The number of nitrogens with zero attached hydrogens (tertiary/aromatic N) is 1. The van der Waals surface area contributed by atoms with Gasteiger partial charge in [-0.3, -0.25) is 5.43 Å². The molecule has 2 aromatic rings. The van der Waals surface area contributed by atoms with Crippen molar-refractivity contribution in [3.8, 4) is 0 Å². The highest BCUT2D eigenvalue weighted by atomic mass is 32.1. The molecule has 2 rings (SSSR count). The molecule has 0 aliphatic carbocycles. The molecule has 3 nitrogen and oxygen atoms in total. The molecule has 0 unspecified atom stereocenters. The maximum absolute atomic E-state index is 5.24. The van der Waals surface area contributed by atoms with E-state index in [9.17, 15) is 0 Å². The highest BCUT2D eigenvalue weighted by Crippen LogP contribution is 2.22. The number of thiocarbonyl (C=S) groups is 1. The van der Waals surface area contributed by atoms with Gasteiger partial charge in [-0.15, -0.1) is 0 Å². The Bertz CT molecular complexity index is 683. The zero-order valence-corrected chi connectivity index (χ0v) is 14.9. The molecule has 0 aromatic heterocycles. The molecule has 0 saturated carbocycles. The molecule has 4 heteroatoms. The van der Waals surface area contributed by atoms with Crippen LogP contribution in [0.2, 0.25) is 0 Å². The first-order valence-electron chi connectivity index (χ1n) is 7.63. The molecule has 0 radical (unpaired) electrons. The van der Waals surface area contributed by atoms with Crippen LogP contribution in [0.1, 0.15) is 38.8 Å². The summed E-state index contributed by atoms with van der Waals surface area (Å²) < 4.78 is 0. The Labute approximate surface area is 143 Å². The highest BCUT2D eigenvalue weighted by Gasteiger charge is 2.13. The molecule has 2 aromatic carbocycles. The van der Waals surface area contributed by atoms with Crippen molar-refractivity contribution >= 4 is 28.7 Å². The van der Waals surface area contributed by atoms with Crippen molar-refractivity contribution in [1.82, 2.24) is 5.43 Å². The Kier molecular flexibility index (Phi) is 5.50. The molecule has 23 heavy (non-hydrogen) atoms. The van der Waals surface area contributed by atoms with Gasteiger partial charge in [0.05, 0.1) is 5.71 Å². The lowest BCUT2D eigenvalue weighted by atomic mass is 9.86. The second-order valence-corrected chi connectivity index (χ2v) is 6.86. The van der Waals surface area contributed by atoms with E-state index in [1.807, 2.05) is 37.3 Å². The third-order valence-electron chi connectivity index (χ3n) is 3.53. The normalized spacial score (nSPS) is 11.9. The first-order chi connectivity index (χ1) is 10.9. The minimum Gasteiger partial charge on any atom is -0.331 e. The summed E-state index contributed by atoms with van der Waals surface area (Å²) in [7, 11) is 0. The average Bonchev–Trinajstić information content (AvgIpc) is 2.53. The summed E-state index contributed by atoms with van der Waals surface area (Å²) in [6.45, 7) is 8.58. The van der Waals surface area contributed by atoms with E-state index in [4.69, 9.17) is 12.2 Å². The maximum atomic E-state index is 5.24. The Morgan fingerprint density at radius 3 is 2.13 bits per heavy atom. The first kappa shape index (κ1) is 17.2. The number of hydrogen-bond donors (Lipinski definition) is 2. The monoisotopic (exact) mass is 325 g/mol. The molecule has 0 bridgehead atoms. The molecule has 0 spiro atoms. The van der Waals surface area contributed by atoms with Crippen molar-refractivity contribution in [3.05, 3.63) is 65.7 Å². The number of hydrazone groups is 1. The smallest absolute Gasteiger partial charge is 0.191 e. The van der Waals surface area contributed by atoms with Crippen molar-refractivity contribution in [3.63, 3.8) is 0 Å². The topological polar surface area (TPSA) is 36.4 Å². The summed E-state index contributed by atoms with van der Waals surface area (Å²) in [6.07, 6.45) is 0. The Balaban J connectivity index is 1.98. The molecular weight excluding hydrogens is 302 g/mol. The lowest BCUT2D eigenvalue weighted by molar-refractivity contribution is 0.590. The second-order valence-electron chi connectivity index (χ2n) is 6.46. The summed E-state index contributed by atoms with van der Waals surface area (Å²) in [4.78, 5) is 0. The van der Waals surface area contributed by atoms with E-state index < -0.39 is 0 Å². The van der Waals surface area contributed by atoms with Crippen LogP contribution >= 0.6 is 12.2 Å². The standard InChI is InChI=1S/C19H23N3S/c1-14(15-10-12-16(13-11-15)19(2,3)4)21-22-18(23)20-17-8-6-5-7-9-17/h5-13H,1-4H3,(H2,20,22,23)/b21-14-. The van der Waals surface area contributed by atoms with E-state index in [2.05, 4.69) is 60.9 Å². The van der Waals surface area contributed by atoms with E-state index in [0.29, 0.717) is 5.11 Å². The third kappa shape index (κ3) is 5.18. The van der Waals surface area contributed by atoms with Gasteiger partial charge in [-0.2, -0.15) is 5.10 Å². The Hall–Kier alpha value is -2.20. The molecule has 0 atom stereocenters. The summed E-state index contributed by atoms with van der Waals surface area (Å²) in [5.41, 5.74) is 7.25. The fourth-order valence-corrected chi connectivity index (χ4v) is 2.25. The summed E-state index contributed by atoms with van der Waals surface area (Å²) in [5, 5.41) is 7.91. The zero-order chi connectivity index (χ0) is 16.9. The van der Waals surface area contributed by atoms with Crippen molar-refractivity contribution in [2.24, 2.45) is 5.10 Å². The lowest BCUT2D eigenvalue weighted by Gasteiger charge is -2.19. The summed E-state index contributed by atoms with van der Waals surface area (Å²) in [6, 6.07) is 18.3. The second kappa shape index (κ2) is 7.38. The van der Waals surface area contributed by atoms with Gasteiger partial charge in [-0.25, -0.2) is 0 Å². The van der Waals surface area contributed by atoms with Gasteiger partial charge < -0.3 is 5.32 Å². The van der Waals surface area contributed by atoms with Crippen LogP contribution < -0.4 is 10.7 Å². The van der Waals surface area contributed by atoms with Gasteiger partial charge in [-0.1, -0.05) is 63.2 Å². The fourth-order valence-electron chi connectivity index (χ4n) is 2.09. The zero-order valence-electron chi connectivity index (χ0n) is 14.1. The van der Waals surface area contributed by atoms with Crippen molar-refractivity contribution in [1.29, 1.82) is 0 Å². The van der Waals surface area contributed by atoms with Crippen molar-refractivity contribution in [2.45, 2.75) is 33.1 Å². The van der Waals surface area contributed by atoms with Gasteiger partial charge in [0.2, 0.25) is 0 Å². The van der Waals surface area contributed by atoms with E-state index in [1.54, 1.807) is 0 Å². The molecule has 0 amide bonds.